The van der Waals surface area contributed by atoms with E-state index in [9.17, 15) is 14.4 Å². The Kier molecular flexibility index (Phi) is 6.41. The minimum Gasteiger partial charge on any atom is -0.480 e. The number of carbonyl (C=O) groups excluding carboxylic acids is 2. The highest BCUT2D eigenvalue weighted by molar-refractivity contribution is 5.89. The number of ether oxygens (including phenoxy) is 1. The molecule has 120 valence electrons. The Hall–Kier alpha value is -1.83. The number of nitrogens with zero attached hydrogens (tertiary/aromatic N) is 1. The van der Waals surface area contributed by atoms with E-state index in [0.717, 1.165) is 0 Å². The van der Waals surface area contributed by atoms with Crippen LogP contribution in [0.25, 0.3) is 0 Å². The van der Waals surface area contributed by atoms with Gasteiger partial charge in [0, 0.05) is 13.1 Å². The van der Waals surface area contributed by atoms with Crippen molar-refractivity contribution in [2.45, 2.75) is 32.9 Å². The number of carboxylic acid groups (broad SMARTS) is 1. The highest BCUT2D eigenvalue weighted by Gasteiger charge is 2.34. The van der Waals surface area contributed by atoms with E-state index in [1.807, 2.05) is 0 Å². The van der Waals surface area contributed by atoms with Crippen molar-refractivity contribution in [3.05, 3.63) is 0 Å². The van der Waals surface area contributed by atoms with Gasteiger partial charge in [-0.2, -0.15) is 0 Å². The molecule has 0 aromatic heterocycles. The molecule has 3 N–H and O–H groups in total. The van der Waals surface area contributed by atoms with Gasteiger partial charge in [-0.1, -0.05) is 13.8 Å². The van der Waals surface area contributed by atoms with Crippen molar-refractivity contribution >= 4 is 17.9 Å². The number of hydrogen-bond acceptors (Lipinski definition) is 4. The zero-order valence-electron chi connectivity index (χ0n) is 12.6. The second-order valence-corrected chi connectivity index (χ2v) is 5.19. The van der Waals surface area contributed by atoms with Gasteiger partial charge in [-0.25, -0.2) is 9.59 Å². The van der Waals surface area contributed by atoms with Gasteiger partial charge in [-0.05, 0) is 12.8 Å². The number of hydrogen-bond donors (Lipinski definition) is 3. The number of nitrogens with one attached hydrogen (secondary N) is 2. The standard InChI is InChI=1S/C13H23N3O5/c1-4-14-11(17)9-7-21-6-5-16(9)13(20)15-10(8(2)3)12(18)19/h8-10H,4-7H2,1-3H3,(H,14,17)(H,15,20)(H,18,19). The van der Waals surface area contributed by atoms with Crippen LogP contribution < -0.4 is 10.6 Å². The van der Waals surface area contributed by atoms with Gasteiger partial charge in [0.05, 0.1) is 13.2 Å². The summed E-state index contributed by atoms with van der Waals surface area (Å²) >= 11 is 0. The van der Waals surface area contributed by atoms with Crippen molar-refractivity contribution in [2.24, 2.45) is 5.92 Å². The predicted octanol–water partition coefficient (Wildman–Crippen LogP) is -0.358. The van der Waals surface area contributed by atoms with Crippen LogP contribution >= 0.6 is 0 Å². The fourth-order valence-electron chi connectivity index (χ4n) is 2.09. The van der Waals surface area contributed by atoms with Crippen LogP contribution in [0.3, 0.4) is 0 Å². The topological polar surface area (TPSA) is 108 Å². The van der Waals surface area contributed by atoms with Gasteiger partial charge in [-0.15, -0.1) is 0 Å². The molecule has 0 aromatic carbocycles. The van der Waals surface area contributed by atoms with Crippen LogP contribution in [0.4, 0.5) is 4.79 Å². The third-order valence-electron chi connectivity index (χ3n) is 3.25. The molecule has 1 saturated heterocycles. The molecule has 0 radical (unpaired) electrons. The quantitative estimate of drug-likeness (QED) is 0.643. The number of morpholine rings is 1. The maximum Gasteiger partial charge on any atom is 0.326 e. The molecular weight excluding hydrogens is 278 g/mol. The lowest BCUT2D eigenvalue weighted by Gasteiger charge is -2.35. The number of carboxylic acids is 1. The van der Waals surface area contributed by atoms with Crippen molar-refractivity contribution in [3.8, 4) is 0 Å². The molecule has 1 heterocycles. The normalized spacial score (nSPS) is 20.0. The van der Waals surface area contributed by atoms with Gasteiger partial charge in [0.15, 0.2) is 0 Å². The molecule has 0 saturated carbocycles. The van der Waals surface area contributed by atoms with Gasteiger partial charge < -0.3 is 25.4 Å². The molecule has 0 bridgehead atoms. The number of aliphatic carboxylic acids is 1. The maximum absolute atomic E-state index is 12.3. The summed E-state index contributed by atoms with van der Waals surface area (Å²) in [6.45, 7) is 6.33. The minimum atomic E-state index is -1.10. The van der Waals surface area contributed by atoms with Crippen LogP contribution in [-0.4, -0.2) is 66.3 Å². The summed E-state index contributed by atoms with van der Waals surface area (Å²) in [5, 5.41) is 14.2. The molecule has 0 aromatic rings. The van der Waals surface area contributed by atoms with E-state index in [4.69, 9.17) is 9.84 Å². The Balaban J connectivity index is 2.77. The third kappa shape index (κ3) is 4.59. The van der Waals surface area contributed by atoms with Gasteiger partial charge in [0.1, 0.15) is 12.1 Å². The first kappa shape index (κ1) is 17.2. The molecule has 8 nitrogen and oxygen atoms in total. The van der Waals surface area contributed by atoms with Crippen LogP contribution in [0.2, 0.25) is 0 Å². The monoisotopic (exact) mass is 301 g/mol. The fraction of sp³-hybridized carbons (Fsp3) is 0.769. The van der Waals surface area contributed by atoms with E-state index in [-0.39, 0.29) is 25.0 Å². The molecule has 1 fully saturated rings. The average Bonchev–Trinajstić information content (AvgIpc) is 2.44. The molecule has 0 aliphatic carbocycles. The van der Waals surface area contributed by atoms with Crippen LogP contribution in [0, 0.1) is 5.92 Å². The molecule has 1 aliphatic rings. The molecule has 2 atom stereocenters. The lowest BCUT2D eigenvalue weighted by molar-refractivity contribution is -0.140. The highest BCUT2D eigenvalue weighted by atomic mass is 16.5. The maximum atomic E-state index is 12.3. The van der Waals surface area contributed by atoms with Gasteiger partial charge in [0.2, 0.25) is 5.91 Å². The molecular formula is C13H23N3O5. The van der Waals surface area contributed by atoms with E-state index >= 15 is 0 Å². The summed E-state index contributed by atoms with van der Waals surface area (Å²) in [5.74, 6) is -1.65. The molecule has 3 amide bonds. The van der Waals surface area contributed by atoms with Crippen molar-refractivity contribution in [3.63, 3.8) is 0 Å². The van der Waals surface area contributed by atoms with Crippen molar-refractivity contribution in [1.29, 1.82) is 0 Å². The molecule has 1 rings (SSSR count). The first-order valence-electron chi connectivity index (χ1n) is 7.03. The Morgan fingerprint density at radius 3 is 2.57 bits per heavy atom. The number of carbonyl (C=O) groups is 3. The van der Waals surface area contributed by atoms with E-state index in [1.165, 1.54) is 4.90 Å². The lowest BCUT2D eigenvalue weighted by atomic mass is 10.1. The summed E-state index contributed by atoms with van der Waals surface area (Å²) in [5.41, 5.74) is 0. The number of rotatable bonds is 5. The van der Waals surface area contributed by atoms with E-state index in [1.54, 1.807) is 20.8 Å². The Morgan fingerprint density at radius 2 is 2.05 bits per heavy atom. The summed E-state index contributed by atoms with van der Waals surface area (Å²) in [7, 11) is 0. The van der Waals surface area contributed by atoms with Crippen LogP contribution in [0.5, 0.6) is 0 Å². The molecule has 1 aliphatic heterocycles. The molecule has 8 heteroatoms. The van der Waals surface area contributed by atoms with Gasteiger partial charge in [-0.3, -0.25) is 4.79 Å². The second-order valence-electron chi connectivity index (χ2n) is 5.19. The first-order valence-corrected chi connectivity index (χ1v) is 7.03. The Morgan fingerprint density at radius 1 is 1.38 bits per heavy atom. The number of urea groups is 1. The largest absolute Gasteiger partial charge is 0.480 e. The molecule has 2 unspecified atom stereocenters. The first-order chi connectivity index (χ1) is 9.88. The zero-order valence-corrected chi connectivity index (χ0v) is 12.6. The highest BCUT2D eigenvalue weighted by Crippen LogP contribution is 2.10. The van der Waals surface area contributed by atoms with Crippen molar-refractivity contribution in [1.82, 2.24) is 15.5 Å². The third-order valence-corrected chi connectivity index (χ3v) is 3.25. The van der Waals surface area contributed by atoms with Crippen molar-refractivity contribution < 1.29 is 24.2 Å². The van der Waals surface area contributed by atoms with Crippen LogP contribution in [0.1, 0.15) is 20.8 Å². The Labute approximate surface area is 123 Å². The van der Waals surface area contributed by atoms with E-state index in [0.29, 0.717) is 13.2 Å². The van der Waals surface area contributed by atoms with Crippen LogP contribution in [0.15, 0.2) is 0 Å². The second kappa shape index (κ2) is 7.82. The summed E-state index contributed by atoms with van der Waals surface area (Å²) < 4.78 is 5.23. The summed E-state index contributed by atoms with van der Waals surface area (Å²) in [4.78, 5) is 36.7. The smallest absolute Gasteiger partial charge is 0.326 e. The van der Waals surface area contributed by atoms with Gasteiger partial charge >= 0.3 is 12.0 Å². The van der Waals surface area contributed by atoms with Crippen LogP contribution in [-0.2, 0) is 14.3 Å². The summed E-state index contributed by atoms with van der Waals surface area (Å²) in [6, 6.07) is -2.29. The lowest BCUT2D eigenvalue weighted by Crippen LogP contribution is -2.60. The summed E-state index contributed by atoms with van der Waals surface area (Å²) in [6.07, 6.45) is 0. The molecule has 21 heavy (non-hydrogen) atoms. The fourth-order valence-corrected chi connectivity index (χ4v) is 2.09. The van der Waals surface area contributed by atoms with Crippen molar-refractivity contribution in [2.75, 3.05) is 26.3 Å². The molecule has 0 spiro atoms. The van der Waals surface area contributed by atoms with E-state index < -0.39 is 24.1 Å². The predicted molar refractivity (Wildman–Crippen MR) is 74.8 cm³/mol. The number of amides is 3. The van der Waals surface area contributed by atoms with E-state index in [2.05, 4.69) is 10.6 Å². The van der Waals surface area contributed by atoms with Gasteiger partial charge in [0.25, 0.3) is 0 Å². The Bertz CT molecular complexity index is 399. The minimum absolute atomic E-state index is 0.110. The average molecular weight is 301 g/mol. The zero-order chi connectivity index (χ0) is 16.0. The SMILES string of the molecule is CCNC(=O)C1COCCN1C(=O)NC(C(=O)O)C(C)C. The number of likely N-dealkylation sites (N-methyl/N-ethyl adjacent to an activating group) is 1.